The number of halogens is 1. The summed E-state index contributed by atoms with van der Waals surface area (Å²) in [5.41, 5.74) is 4.09. The van der Waals surface area contributed by atoms with Crippen molar-refractivity contribution in [3.05, 3.63) is 88.2 Å². The highest BCUT2D eigenvalue weighted by Crippen LogP contribution is 2.27. The Hall–Kier alpha value is -3.22. The topological polar surface area (TPSA) is 54.3 Å². The first-order valence-corrected chi connectivity index (χ1v) is 10.1. The molecule has 0 spiro atoms. The number of thiocarbonyl (C=S) groups is 1. The van der Waals surface area contributed by atoms with Gasteiger partial charge in [0.2, 0.25) is 0 Å². The SMILES string of the molecule is Cc1ccc(C)c(N2C(=O)/C(=C/c3cccn3-c3ccc(Cl)cc3)C(=O)NC2=S)c1. The van der Waals surface area contributed by atoms with Crippen LogP contribution >= 0.6 is 23.8 Å². The van der Waals surface area contributed by atoms with Crippen molar-refractivity contribution >= 4 is 52.5 Å². The predicted molar refractivity (Wildman–Crippen MR) is 123 cm³/mol. The van der Waals surface area contributed by atoms with E-state index in [0.717, 1.165) is 16.8 Å². The third-order valence-electron chi connectivity index (χ3n) is 4.88. The van der Waals surface area contributed by atoms with Gasteiger partial charge in [0.05, 0.1) is 5.69 Å². The minimum atomic E-state index is -0.518. The molecular formula is C23H18ClN3O2S. The first-order chi connectivity index (χ1) is 14.3. The summed E-state index contributed by atoms with van der Waals surface area (Å²) in [4.78, 5) is 27.3. The fourth-order valence-corrected chi connectivity index (χ4v) is 3.73. The van der Waals surface area contributed by atoms with Crippen LogP contribution in [0.5, 0.6) is 0 Å². The Morgan fingerprint density at radius 2 is 1.77 bits per heavy atom. The van der Waals surface area contributed by atoms with Crippen LogP contribution in [0.4, 0.5) is 5.69 Å². The minimum Gasteiger partial charge on any atom is -0.317 e. The maximum absolute atomic E-state index is 13.3. The largest absolute Gasteiger partial charge is 0.317 e. The molecule has 5 nitrogen and oxygen atoms in total. The molecule has 3 aromatic rings. The van der Waals surface area contributed by atoms with Gasteiger partial charge in [0, 0.05) is 22.6 Å². The monoisotopic (exact) mass is 435 g/mol. The maximum Gasteiger partial charge on any atom is 0.270 e. The van der Waals surface area contributed by atoms with Gasteiger partial charge in [-0.2, -0.15) is 0 Å². The van der Waals surface area contributed by atoms with Gasteiger partial charge in [-0.25, -0.2) is 0 Å². The zero-order chi connectivity index (χ0) is 21.4. The number of nitrogens with zero attached hydrogens (tertiary/aromatic N) is 2. The molecule has 1 N–H and O–H groups in total. The van der Waals surface area contributed by atoms with Crippen molar-refractivity contribution < 1.29 is 9.59 Å². The zero-order valence-corrected chi connectivity index (χ0v) is 17.9. The fraction of sp³-hybridized carbons (Fsp3) is 0.0870. The lowest BCUT2D eigenvalue weighted by Crippen LogP contribution is -2.54. The normalized spacial score (nSPS) is 15.6. The summed E-state index contributed by atoms with van der Waals surface area (Å²) in [6.45, 7) is 3.84. The Labute approximate surface area is 184 Å². The van der Waals surface area contributed by atoms with E-state index in [1.165, 1.54) is 4.90 Å². The Bertz CT molecular complexity index is 1210. The Morgan fingerprint density at radius 1 is 1.03 bits per heavy atom. The van der Waals surface area contributed by atoms with Gasteiger partial charge < -0.3 is 4.57 Å². The molecule has 4 rings (SSSR count). The van der Waals surface area contributed by atoms with Crippen molar-refractivity contribution in [1.29, 1.82) is 0 Å². The quantitative estimate of drug-likeness (QED) is 0.372. The van der Waals surface area contributed by atoms with E-state index in [-0.39, 0.29) is 10.7 Å². The number of rotatable bonds is 3. The molecule has 0 radical (unpaired) electrons. The second-order valence-electron chi connectivity index (χ2n) is 7.03. The van der Waals surface area contributed by atoms with Gasteiger partial charge in [-0.05, 0) is 85.7 Å². The van der Waals surface area contributed by atoms with Gasteiger partial charge in [-0.1, -0.05) is 23.7 Å². The van der Waals surface area contributed by atoms with Gasteiger partial charge in [-0.3, -0.25) is 19.8 Å². The van der Waals surface area contributed by atoms with E-state index < -0.39 is 11.8 Å². The summed E-state index contributed by atoms with van der Waals surface area (Å²) >= 11 is 11.3. The fourth-order valence-electron chi connectivity index (χ4n) is 3.33. The van der Waals surface area contributed by atoms with E-state index in [4.69, 9.17) is 23.8 Å². The predicted octanol–water partition coefficient (Wildman–Crippen LogP) is 4.58. The molecule has 2 aromatic carbocycles. The first-order valence-electron chi connectivity index (χ1n) is 9.27. The summed E-state index contributed by atoms with van der Waals surface area (Å²) in [5.74, 6) is -0.975. The molecule has 1 aromatic heterocycles. The van der Waals surface area contributed by atoms with Crippen molar-refractivity contribution in [1.82, 2.24) is 9.88 Å². The van der Waals surface area contributed by atoms with Gasteiger partial charge in [0.1, 0.15) is 5.57 Å². The van der Waals surface area contributed by atoms with Crippen LogP contribution in [0.25, 0.3) is 11.8 Å². The lowest BCUT2D eigenvalue weighted by atomic mass is 10.1. The van der Waals surface area contributed by atoms with Crippen LogP contribution in [0.15, 0.2) is 66.4 Å². The number of hydrogen-bond acceptors (Lipinski definition) is 3. The van der Waals surface area contributed by atoms with E-state index in [1.807, 2.05) is 67.1 Å². The smallest absolute Gasteiger partial charge is 0.270 e. The van der Waals surface area contributed by atoms with Crippen LogP contribution in [0.2, 0.25) is 5.02 Å². The second kappa shape index (κ2) is 7.89. The van der Waals surface area contributed by atoms with Crippen LogP contribution < -0.4 is 10.2 Å². The minimum absolute atomic E-state index is 0.0124. The summed E-state index contributed by atoms with van der Waals surface area (Å²) in [6, 6.07) is 16.7. The number of hydrogen-bond donors (Lipinski definition) is 1. The molecular weight excluding hydrogens is 418 g/mol. The van der Waals surface area contributed by atoms with Gasteiger partial charge in [0.25, 0.3) is 11.8 Å². The average Bonchev–Trinajstić information content (AvgIpc) is 3.16. The number of aryl methyl sites for hydroxylation is 2. The molecule has 30 heavy (non-hydrogen) atoms. The second-order valence-corrected chi connectivity index (χ2v) is 7.85. The molecule has 0 bridgehead atoms. The average molecular weight is 436 g/mol. The third kappa shape index (κ3) is 3.67. The van der Waals surface area contributed by atoms with Gasteiger partial charge in [0.15, 0.2) is 5.11 Å². The number of carbonyl (C=O) groups is 2. The van der Waals surface area contributed by atoms with Crippen molar-refractivity contribution in [2.75, 3.05) is 4.90 Å². The molecule has 0 unspecified atom stereocenters. The molecule has 150 valence electrons. The number of aromatic nitrogens is 1. The van der Waals surface area contributed by atoms with Gasteiger partial charge in [-0.15, -0.1) is 0 Å². The third-order valence-corrected chi connectivity index (χ3v) is 5.42. The molecule has 1 saturated heterocycles. The van der Waals surface area contributed by atoms with Gasteiger partial charge >= 0.3 is 0 Å². The molecule has 1 fully saturated rings. The van der Waals surface area contributed by atoms with Crippen molar-refractivity contribution in [3.8, 4) is 5.69 Å². The van der Waals surface area contributed by atoms with Crippen molar-refractivity contribution in [2.45, 2.75) is 13.8 Å². The van der Waals surface area contributed by atoms with E-state index >= 15 is 0 Å². The lowest BCUT2D eigenvalue weighted by Gasteiger charge is -2.30. The highest BCUT2D eigenvalue weighted by atomic mass is 35.5. The molecule has 7 heteroatoms. The van der Waals surface area contributed by atoms with E-state index in [9.17, 15) is 9.59 Å². The van der Waals surface area contributed by atoms with E-state index in [0.29, 0.717) is 16.4 Å². The summed E-state index contributed by atoms with van der Waals surface area (Å²) in [7, 11) is 0. The molecule has 2 amide bonds. The highest BCUT2D eigenvalue weighted by molar-refractivity contribution is 7.80. The standard InChI is InChI=1S/C23H18ClN3O2S/c1-14-5-6-15(2)20(12-14)27-22(29)19(21(28)25-23(27)30)13-18-4-3-11-26(18)17-9-7-16(24)8-10-17/h3-13H,1-2H3,(H,25,28,30)/b19-13+. The Balaban J connectivity index is 1.77. The maximum atomic E-state index is 13.3. The summed E-state index contributed by atoms with van der Waals surface area (Å²) in [6.07, 6.45) is 3.43. The van der Waals surface area contributed by atoms with Crippen molar-refractivity contribution in [3.63, 3.8) is 0 Å². The number of nitrogens with one attached hydrogen (secondary N) is 1. The first kappa shape index (κ1) is 20.1. The molecule has 1 aliphatic rings. The van der Waals surface area contributed by atoms with Crippen molar-refractivity contribution in [2.24, 2.45) is 0 Å². The molecule has 0 saturated carbocycles. The number of amides is 2. The highest BCUT2D eigenvalue weighted by Gasteiger charge is 2.35. The molecule has 0 aliphatic carbocycles. The van der Waals surface area contributed by atoms with Crippen LogP contribution in [-0.2, 0) is 9.59 Å². The number of benzene rings is 2. The number of anilines is 1. The molecule has 0 atom stereocenters. The van der Waals surface area contributed by atoms with Crippen LogP contribution in [0.3, 0.4) is 0 Å². The summed E-state index contributed by atoms with van der Waals surface area (Å²) < 4.78 is 1.87. The van der Waals surface area contributed by atoms with E-state index in [1.54, 1.807) is 18.2 Å². The Kier molecular flexibility index (Phi) is 5.28. The van der Waals surface area contributed by atoms with E-state index in [2.05, 4.69) is 5.32 Å². The Morgan fingerprint density at radius 3 is 2.50 bits per heavy atom. The van der Waals surface area contributed by atoms with Crippen LogP contribution in [-0.4, -0.2) is 21.5 Å². The zero-order valence-electron chi connectivity index (χ0n) is 16.3. The molecule has 1 aliphatic heterocycles. The number of carbonyl (C=O) groups excluding carboxylic acids is 2. The lowest BCUT2D eigenvalue weighted by molar-refractivity contribution is -0.122. The molecule has 2 heterocycles. The van der Waals surface area contributed by atoms with Crippen LogP contribution in [0.1, 0.15) is 16.8 Å². The summed E-state index contributed by atoms with van der Waals surface area (Å²) in [5, 5.41) is 3.34. The van der Waals surface area contributed by atoms with Crippen LogP contribution in [0, 0.1) is 13.8 Å².